The molecule has 1 aromatic rings. The monoisotopic (exact) mass is 263 g/mol. The molecule has 0 aliphatic heterocycles. The molecule has 3 N–H and O–H groups in total. The molecular weight excluding hydrogens is 249 g/mol. The van der Waals surface area contributed by atoms with E-state index in [2.05, 4.69) is 5.32 Å². The van der Waals surface area contributed by atoms with Gasteiger partial charge in [0.1, 0.15) is 0 Å². The molecular formula is C11H15Cl2NO2. The van der Waals surface area contributed by atoms with Gasteiger partial charge in [0.05, 0.1) is 29.3 Å². The Hall–Kier alpha value is -0.320. The van der Waals surface area contributed by atoms with E-state index in [0.717, 1.165) is 5.56 Å². The zero-order valence-corrected chi connectivity index (χ0v) is 10.5. The van der Waals surface area contributed by atoms with E-state index in [4.69, 9.17) is 33.4 Å². The lowest BCUT2D eigenvalue weighted by molar-refractivity contribution is 0.163. The summed E-state index contributed by atoms with van der Waals surface area (Å²) in [7, 11) is 0. The molecule has 0 aliphatic rings. The van der Waals surface area contributed by atoms with Gasteiger partial charge in [0.25, 0.3) is 0 Å². The van der Waals surface area contributed by atoms with Crippen LogP contribution in [0.15, 0.2) is 18.2 Å². The second kappa shape index (κ2) is 6.42. The summed E-state index contributed by atoms with van der Waals surface area (Å²) in [6.07, 6.45) is 0. The highest BCUT2D eigenvalue weighted by Gasteiger charge is 2.12. The highest BCUT2D eigenvalue weighted by atomic mass is 35.5. The van der Waals surface area contributed by atoms with Crippen molar-refractivity contribution >= 4 is 23.2 Å². The molecule has 0 aliphatic carbocycles. The largest absolute Gasteiger partial charge is 0.395 e. The Morgan fingerprint density at radius 2 is 1.81 bits per heavy atom. The minimum atomic E-state index is -0.329. The highest BCUT2D eigenvalue weighted by molar-refractivity contribution is 6.42. The second-order valence-corrected chi connectivity index (χ2v) is 4.44. The first-order valence-corrected chi connectivity index (χ1v) is 5.76. The molecule has 0 saturated heterocycles. The van der Waals surface area contributed by atoms with E-state index >= 15 is 0 Å². The van der Waals surface area contributed by atoms with Crippen LogP contribution in [0.4, 0.5) is 0 Å². The standard InChI is InChI=1S/C11H15Cl2NO2/c1-7(14-9(5-15)6-16)8-2-3-10(12)11(13)4-8/h2-4,7,9,14-16H,5-6H2,1H3. The lowest BCUT2D eigenvalue weighted by Crippen LogP contribution is -2.37. The first kappa shape index (κ1) is 13.7. The lowest BCUT2D eigenvalue weighted by atomic mass is 10.1. The number of aliphatic hydroxyl groups is 2. The van der Waals surface area contributed by atoms with Crippen molar-refractivity contribution in [2.24, 2.45) is 0 Å². The van der Waals surface area contributed by atoms with Crippen LogP contribution >= 0.6 is 23.2 Å². The van der Waals surface area contributed by atoms with Crippen molar-refractivity contribution in [3.05, 3.63) is 33.8 Å². The fourth-order valence-electron chi connectivity index (χ4n) is 1.39. The van der Waals surface area contributed by atoms with E-state index in [1.54, 1.807) is 12.1 Å². The van der Waals surface area contributed by atoms with E-state index < -0.39 is 0 Å². The molecule has 0 radical (unpaired) electrons. The third-order valence-corrected chi connectivity index (χ3v) is 3.11. The number of hydrogen-bond donors (Lipinski definition) is 3. The molecule has 90 valence electrons. The van der Waals surface area contributed by atoms with E-state index in [0.29, 0.717) is 10.0 Å². The first-order chi connectivity index (χ1) is 7.58. The van der Waals surface area contributed by atoms with Gasteiger partial charge < -0.3 is 15.5 Å². The van der Waals surface area contributed by atoms with Gasteiger partial charge in [-0.2, -0.15) is 0 Å². The van der Waals surface area contributed by atoms with Crippen LogP contribution < -0.4 is 5.32 Å². The predicted octanol–water partition coefficient (Wildman–Crippen LogP) is 2.00. The Morgan fingerprint density at radius 1 is 1.19 bits per heavy atom. The van der Waals surface area contributed by atoms with Crippen molar-refractivity contribution in [1.29, 1.82) is 0 Å². The van der Waals surface area contributed by atoms with Crippen LogP contribution in [0.25, 0.3) is 0 Å². The Bertz CT molecular complexity index is 343. The average molecular weight is 264 g/mol. The van der Waals surface area contributed by atoms with Gasteiger partial charge in [0, 0.05) is 6.04 Å². The fourth-order valence-corrected chi connectivity index (χ4v) is 1.70. The molecule has 1 unspecified atom stereocenters. The SMILES string of the molecule is CC(NC(CO)CO)c1ccc(Cl)c(Cl)c1. The maximum absolute atomic E-state index is 8.95. The Morgan fingerprint density at radius 3 is 2.31 bits per heavy atom. The van der Waals surface area contributed by atoms with E-state index in [9.17, 15) is 0 Å². The number of halogens is 2. The molecule has 16 heavy (non-hydrogen) atoms. The highest BCUT2D eigenvalue weighted by Crippen LogP contribution is 2.25. The van der Waals surface area contributed by atoms with Gasteiger partial charge in [-0.25, -0.2) is 0 Å². The minimum absolute atomic E-state index is 0.0148. The Labute approximate surface area is 105 Å². The molecule has 0 heterocycles. The predicted molar refractivity (Wildman–Crippen MR) is 66.0 cm³/mol. The van der Waals surface area contributed by atoms with Crippen LogP contribution in [0.5, 0.6) is 0 Å². The third-order valence-electron chi connectivity index (χ3n) is 2.37. The molecule has 0 bridgehead atoms. The number of aliphatic hydroxyl groups excluding tert-OH is 2. The van der Waals surface area contributed by atoms with Crippen LogP contribution in [-0.2, 0) is 0 Å². The summed E-state index contributed by atoms with van der Waals surface area (Å²) in [4.78, 5) is 0. The van der Waals surface area contributed by atoms with Crippen LogP contribution in [0.2, 0.25) is 10.0 Å². The van der Waals surface area contributed by atoms with Crippen molar-refractivity contribution in [2.75, 3.05) is 13.2 Å². The normalized spacial score (nSPS) is 13.1. The summed E-state index contributed by atoms with van der Waals surface area (Å²) in [5.41, 5.74) is 0.960. The summed E-state index contributed by atoms with van der Waals surface area (Å²) in [5.74, 6) is 0. The molecule has 0 saturated carbocycles. The molecule has 0 amide bonds. The summed E-state index contributed by atoms with van der Waals surface area (Å²) in [5, 5.41) is 22.0. The molecule has 1 rings (SSSR count). The van der Waals surface area contributed by atoms with Gasteiger partial charge >= 0.3 is 0 Å². The summed E-state index contributed by atoms with van der Waals surface area (Å²) in [6.45, 7) is 1.71. The topological polar surface area (TPSA) is 52.5 Å². The number of benzene rings is 1. The van der Waals surface area contributed by atoms with Crippen molar-refractivity contribution in [2.45, 2.75) is 19.0 Å². The van der Waals surface area contributed by atoms with E-state index in [-0.39, 0.29) is 25.3 Å². The van der Waals surface area contributed by atoms with Crippen LogP contribution in [0.3, 0.4) is 0 Å². The summed E-state index contributed by atoms with van der Waals surface area (Å²) < 4.78 is 0. The maximum Gasteiger partial charge on any atom is 0.0607 e. The Balaban J connectivity index is 2.72. The fraction of sp³-hybridized carbons (Fsp3) is 0.455. The van der Waals surface area contributed by atoms with Crippen LogP contribution in [0, 0.1) is 0 Å². The molecule has 5 heteroatoms. The molecule has 0 spiro atoms. The maximum atomic E-state index is 8.95. The zero-order valence-electron chi connectivity index (χ0n) is 8.95. The number of hydrogen-bond acceptors (Lipinski definition) is 3. The van der Waals surface area contributed by atoms with Crippen molar-refractivity contribution in [1.82, 2.24) is 5.32 Å². The van der Waals surface area contributed by atoms with Gasteiger partial charge in [0.15, 0.2) is 0 Å². The lowest BCUT2D eigenvalue weighted by Gasteiger charge is -2.20. The van der Waals surface area contributed by atoms with Crippen LogP contribution in [0.1, 0.15) is 18.5 Å². The van der Waals surface area contributed by atoms with E-state index in [1.165, 1.54) is 0 Å². The Kier molecular flexibility index (Phi) is 5.52. The van der Waals surface area contributed by atoms with Crippen molar-refractivity contribution in [3.8, 4) is 0 Å². The second-order valence-electron chi connectivity index (χ2n) is 3.62. The average Bonchev–Trinajstić information content (AvgIpc) is 2.29. The van der Waals surface area contributed by atoms with E-state index in [1.807, 2.05) is 13.0 Å². The zero-order chi connectivity index (χ0) is 12.1. The molecule has 0 fully saturated rings. The van der Waals surface area contributed by atoms with Gasteiger partial charge in [-0.1, -0.05) is 29.3 Å². The summed E-state index contributed by atoms with van der Waals surface area (Å²) in [6, 6.07) is 5.01. The van der Waals surface area contributed by atoms with Crippen molar-refractivity contribution < 1.29 is 10.2 Å². The molecule has 0 aromatic heterocycles. The van der Waals surface area contributed by atoms with Gasteiger partial charge in [-0.15, -0.1) is 0 Å². The number of rotatable bonds is 5. The molecule has 1 atom stereocenters. The summed E-state index contributed by atoms with van der Waals surface area (Å²) >= 11 is 11.7. The third kappa shape index (κ3) is 3.61. The smallest absolute Gasteiger partial charge is 0.0607 e. The number of nitrogens with one attached hydrogen (secondary N) is 1. The van der Waals surface area contributed by atoms with Crippen LogP contribution in [-0.4, -0.2) is 29.5 Å². The molecule has 1 aromatic carbocycles. The first-order valence-electron chi connectivity index (χ1n) is 5.01. The molecule has 3 nitrogen and oxygen atoms in total. The van der Waals surface area contributed by atoms with Gasteiger partial charge in [-0.3, -0.25) is 0 Å². The van der Waals surface area contributed by atoms with Gasteiger partial charge in [-0.05, 0) is 24.6 Å². The van der Waals surface area contributed by atoms with Crippen molar-refractivity contribution in [3.63, 3.8) is 0 Å². The van der Waals surface area contributed by atoms with Gasteiger partial charge in [0.2, 0.25) is 0 Å². The minimum Gasteiger partial charge on any atom is -0.395 e. The quantitative estimate of drug-likeness (QED) is 0.762.